The van der Waals surface area contributed by atoms with E-state index in [9.17, 15) is 0 Å². The number of halogens is 1. The van der Waals surface area contributed by atoms with E-state index in [1.165, 1.54) is 24.8 Å². The zero-order valence-corrected chi connectivity index (χ0v) is 16.9. The van der Waals surface area contributed by atoms with Crippen molar-refractivity contribution in [3.8, 4) is 0 Å². The maximum absolute atomic E-state index is 4.32. The number of aryl methyl sites for hydroxylation is 2. The van der Waals surface area contributed by atoms with Crippen molar-refractivity contribution in [3.63, 3.8) is 0 Å². The van der Waals surface area contributed by atoms with E-state index in [2.05, 4.69) is 33.2 Å². The molecule has 0 aromatic carbocycles. The summed E-state index contributed by atoms with van der Waals surface area (Å²) < 4.78 is 1.85. The van der Waals surface area contributed by atoms with E-state index in [0.717, 1.165) is 30.6 Å². The molecule has 1 saturated carbocycles. The molecule has 0 radical (unpaired) electrons. The van der Waals surface area contributed by atoms with E-state index in [0.29, 0.717) is 6.04 Å². The molecule has 2 N–H and O–H groups in total. The monoisotopic (exact) mass is 437 g/mol. The quantitative estimate of drug-likeness (QED) is 0.311. The van der Waals surface area contributed by atoms with Crippen LogP contribution in [-0.2, 0) is 13.5 Å². The summed E-state index contributed by atoms with van der Waals surface area (Å²) in [5.74, 6) is 0.938. The van der Waals surface area contributed by atoms with Crippen LogP contribution in [0.1, 0.15) is 31.2 Å². The number of hydrogen-bond acceptors (Lipinski definition) is 3. The Labute approximate surface area is 155 Å². The minimum Gasteiger partial charge on any atom is -0.356 e. The van der Waals surface area contributed by atoms with Gasteiger partial charge >= 0.3 is 0 Å². The van der Waals surface area contributed by atoms with Gasteiger partial charge in [0.25, 0.3) is 0 Å². The minimum absolute atomic E-state index is 0. The molecule has 5 nitrogen and oxygen atoms in total. The third kappa shape index (κ3) is 6.36. The Bertz CT molecular complexity index is 463. The smallest absolute Gasteiger partial charge is 0.191 e. The first-order chi connectivity index (χ1) is 10.2. The molecule has 1 fully saturated rings. The molecule has 0 spiro atoms. The number of thioether (sulfide) groups is 1. The van der Waals surface area contributed by atoms with Crippen LogP contribution in [0.5, 0.6) is 0 Å². The van der Waals surface area contributed by atoms with E-state index >= 15 is 0 Å². The average molecular weight is 437 g/mol. The van der Waals surface area contributed by atoms with Crippen LogP contribution in [0.15, 0.2) is 17.4 Å². The Kier molecular flexibility index (Phi) is 9.23. The van der Waals surface area contributed by atoms with Crippen LogP contribution in [-0.4, -0.2) is 46.9 Å². The van der Waals surface area contributed by atoms with Gasteiger partial charge in [0, 0.05) is 38.1 Å². The second kappa shape index (κ2) is 10.4. The maximum Gasteiger partial charge on any atom is 0.191 e. The van der Waals surface area contributed by atoms with Crippen molar-refractivity contribution >= 4 is 41.7 Å². The molecule has 0 aliphatic heterocycles. The van der Waals surface area contributed by atoms with E-state index in [1.807, 2.05) is 36.7 Å². The van der Waals surface area contributed by atoms with Gasteiger partial charge in [-0.15, -0.1) is 24.0 Å². The van der Waals surface area contributed by atoms with Gasteiger partial charge in [0.15, 0.2) is 5.96 Å². The summed E-state index contributed by atoms with van der Waals surface area (Å²) in [5, 5.41) is 12.0. The number of rotatable bonds is 6. The van der Waals surface area contributed by atoms with Gasteiger partial charge < -0.3 is 10.6 Å². The van der Waals surface area contributed by atoms with Crippen molar-refractivity contribution in [3.05, 3.63) is 18.0 Å². The summed E-state index contributed by atoms with van der Waals surface area (Å²) in [6.45, 7) is 0.938. The fourth-order valence-electron chi connectivity index (χ4n) is 2.77. The standard InChI is InChI=1S/C15H27N5S.HI/c1-16-15(19-13-6-7-14(9-13)21-3)17-8-4-5-12-10-18-20(2)11-12;/h10-11,13-14H,4-9H2,1-3H3,(H2,16,17,19);1H. The summed E-state index contributed by atoms with van der Waals surface area (Å²) in [6.07, 6.45) is 12.2. The van der Waals surface area contributed by atoms with Crippen LogP contribution in [0.25, 0.3) is 0 Å². The first-order valence-corrected chi connectivity index (χ1v) is 8.97. The molecule has 1 heterocycles. The Balaban J connectivity index is 0.00000242. The summed E-state index contributed by atoms with van der Waals surface area (Å²) in [7, 11) is 3.80. The number of nitrogens with one attached hydrogen (secondary N) is 2. The first kappa shape index (κ1) is 19.6. The molecule has 0 amide bonds. The highest BCUT2D eigenvalue weighted by Crippen LogP contribution is 2.27. The lowest BCUT2D eigenvalue weighted by molar-refractivity contribution is 0.611. The topological polar surface area (TPSA) is 54.2 Å². The largest absolute Gasteiger partial charge is 0.356 e. The second-order valence-electron chi connectivity index (χ2n) is 5.64. The Morgan fingerprint density at radius 2 is 2.32 bits per heavy atom. The molecule has 1 aromatic rings. The lowest BCUT2D eigenvalue weighted by Gasteiger charge is -2.17. The first-order valence-electron chi connectivity index (χ1n) is 7.68. The van der Waals surface area contributed by atoms with Crippen LogP contribution in [0.4, 0.5) is 0 Å². The molecule has 1 aromatic heterocycles. The fraction of sp³-hybridized carbons (Fsp3) is 0.733. The molecule has 0 bridgehead atoms. The zero-order chi connectivity index (χ0) is 15.1. The van der Waals surface area contributed by atoms with Gasteiger partial charge in [-0.1, -0.05) is 0 Å². The van der Waals surface area contributed by atoms with Crippen LogP contribution < -0.4 is 10.6 Å². The molecule has 2 unspecified atom stereocenters. The van der Waals surface area contributed by atoms with Crippen LogP contribution in [0.2, 0.25) is 0 Å². The Morgan fingerprint density at radius 1 is 1.50 bits per heavy atom. The molecule has 1 aliphatic carbocycles. The second-order valence-corrected chi connectivity index (χ2v) is 6.77. The average Bonchev–Trinajstić information content (AvgIpc) is 3.11. The van der Waals surface area contributed by atoms with Gasteiger partial charge in [-0.2, -0.15) is 16.9 Å². The fourth-order valence-corrected chi connectivity index (χ4v) is 3.57. The van der Waals surface area contributed by atoms with Gasteiger partial charge in [-0.05, 0) is 43.9 Å². The molecular weight excluding hydrogens is 409 g/mol. The SMILES string of the molecule is CN=C(NCCCc1cnn(C)c1)NC1CCC(SC)C1.I. The molecular formula is C15H28IN5S. The van der Waals surface area contributed by atoms with Gasteiger partial charge in [-0.3, -0.25) is 9.67 Å². The van der Waals surface area contributed by atoms with E-state index in [-0.39, 0.29) is 24.0 Å². The van der Waals surface area contributed by atoms with E-state index < -0.39 is 0 Å². The third-order valence-corrected chi connectivity index (χ3v) is 5.07. The van der Waals surface area contributed by atoms with E-state index in [4.69, 9.17) is 0 Å². The zero-order valence-electron chi connectivity index (χ0n) is 13.7. The highest BCUT2D eigenvalue weighted by atomic mass is 127. The van der Waals surface area contributed by atoms with Crippen molar-refractivity contribution in [1.29, 1.82) is 0 Å². The molecule has 7 heteroatoms. The van der Waals surface area contributed by atoms with Crippen LogP contribution >= 0.6 is 35.7 Å². The maximum atomic E-state index is 4.32. The summed E-state index contributed by atoms with van der Waals surface area (Å²) in [6, 6.07) is 0.576. The van der Waals surface area contributed by atoms with Gasteiger partial charge in [0.2, 0.25) is 0 Å². The van der Waals surface area contributed by atoms with Crippen LogP contribution in [0, 0.1) is 0 Å². The number of hydrogen-bond donors (Lipinski definition) is 2. The van der Waals surface area contributed by atoms with Crippen molar-refractivity contribution in [2.75, 3.05) is 19.8 Å². The Morgan fingerprint density at radius 3 is 2.91 bits per heavy atom. The van der Waals surface area contributed by atoms with Crippen molar-refractivity contribution in [2.45, 2.75) is 43.4 Å². The highest BCUT2D eigenvalue weighted by molar-refractivity contribution is 14.0. The van der Waals surface area contributed by atoms with Gasteiger partial charge in [0.05, 0.1) is 6.20 Å². The number of aromatic nitrogens is 2. The number of aliphatic imine (C=N–C) groups is 1. The van der Waals surface area contributed by atoms with Crippen molar-refractivity contribution < 1.29 is 0 Å². The molecule has 2 rings (SSSR count). The molecule has 0 saturated heterocycles. The van der Waals surface area contributed by atoms with Crippen LogP contribution in [0.3, 0.4) is 0 Å². The predicted molar refractivity (Wildman–Crippen MR) is 106 cm³/mol. The molecule has 2 atom stereocenters. The lowest BCUT2D eigenvalue weighted by atomic mass is 10.2. The lowest BCUT2D eigenvalue weighted by Crippen LogP contribution is -2.42. The number of nitrogens with zero attached hydrogens (tertiary/aromatic N) is 3. The summed E-state index contributed by atoms with van der Waals surface area (Å²) in [4.78, 5) is 4.32. The third-order valence-electron chi connectivity index (χ3n) is 3.98. The summed E-state index contributed by atoms with van der Waals surface area (Å²) in [5.41, 5.74) is 1.29. The van der Waals surface area contributed by atoms with E-state index in [1.54, 1.807) is 0 Å². The molecule has 22 heavy (non-hydrogen) atoms. The van der Waals surface area contributed by atoms with Gasteiger partial charge in [0.1, 0.15) is 0 Å². The summed E-state index contributed by atoms with van der Waals surface area (Å²) >= 11 is 1.98. The Hall–Kier alpha value is -0.440. The predicted octanol–water partition coefficient (Wildman–Crippen LogP) is 2.42. The number of guanidine groups is 1. The van der Waals surface area contributed by atoms with Gasteiger partial charge in [-0.25, -0.2) is 0 Å². The normalized spacial score (nSPS) is 21.5. The molecule has 126 valence electrons. The van der Waals surface area contributed by atoms with Crippen molar-refractivity contribution in [2.24, 2.45) is 12.0 Å². The minimum atomic E-state index is 0. The van der Waals surface area contributed by atoms with Crippen molar-refractivity contribution in [1.82, 2.24) is 20.4 Å². The highest BCUT2D eigenvalue weighted by Gasteiger charge is 2.24. The molecule has 1 aliphatic rings.